The summed E-state index contributed by atoms with van der Waals surface area (Å²) in [5.41, 5.74) is 1.36. The third-order valence-corrected chi connectivity index (χ3v) is 4.44. The minimum Gasteiger partial charge on any atom is -0.497 e. The van der Waals surface area contributed by atoms with Gasteiger partial charge >= 0.3 is 0 Å². The van der Waals surface area contributed by atoms with Crippen molar-refractivity contribution in [3.63, 3.8) is 0 Å². The zero-order chi connectivity index (χ0) is 13.2. The summed E-state index contributed by atoms with van der Waals surface area (Å²) in [4.78, 5) is 0. The maximum absolute atomic E-state index is 9.30. The lowest BCUT2D eigenvalue weighted by molar-refractivity contribution is 0.204. The van der Waals surface area contributed by atoms with Gasteiger partial charge in [0.2, 0.25) is 0 Å². The lowest BCUT2D eigenvalue weighted by Gasteiger charge is -2.20. The smallest absolute Gasteiger partial charge is 0.120 e. The van der Waals surface area contributed by atoms with E-state index in [1.54, 1.807) is 7.11 Å². The van der Waals surface area contributed by atoms with Crippen LogP contribution in [0.3, 0.4) is 0 Å². The minimum atomic E-state index is 0.146. The van der Waals surface area contributed by atoms with E-state index >= 15 is 0 Å². The highest BCUT2D eigenvalue weighted by atomic mass is 79.9. The molecule has 0 aromatic heterocycles. The van der Waals surface area contributed by atoms with Gasteiger partial charge in [-0.05, 0) is 37.5 Å². The van der Waals surface area contributed by atoms with E-state index in [0.29, 0.717) is 0 Å². The summed E-state index contributed by atoms with van der Waals surface area (Å²) < 4.78 is 6.24. The summed E-state index contributed by atoms with van der Waals surface area (Å²) in [5.74, 6) is 0.854. The molecule has 0 unspecified atom stereocenters. The first kappa shape index (κ1) is 13.8. The van der Waals surface area contributed by atoms with E-state index in [-0.39, 0.29) is 18.1 Å². The molecular formula is C14H20BrNO2. The van der Waals surface area contributed by atoms with Crippen LogP contribution in [0.2, 0.25) is 0 Å². The molecule has 0 radical (unpaired) electrons. The van der Waals surface area contributed by atoms with E-state index in [0.717, 1.165) is 29.6 Å². The van der Waals surface area contributed by atoms with Crippen LogP contribution >= 0.6 is 15.9 Å². The Hall–Kier alpha value is -0.580. The molecule has 1 saturated carbocycles. The van der Waals surface area contributed by atoms with Gasteiger partial charge in [0.1, 0.15) is 5.75 Å². The summed E-state index contributed by atoms with van der Waals surface area (Å²) >= 11 is 3.57. The average molecular weight is 314 g/mol. The van der Waals surface area contributed by atoms with Crippen molar-refractivity contribution in [3.05, 3.63) is 28.2 Å². The van der Waals surface area contributed by atoms with Crippen molar-refractivity contribution >= 4 is 15.9 Å². The van der Waals surface area contributed by atoms with Crippen LogP contribution in [0.5, 0.6) is 5.75 Å². The molecular weight excluding hydrogens is 294 g/mol. The molecule has 0 bridgehead atoms. The second-order valence-corrected chi connectivity index (χ2v) is 6.00. The van der Waals surface area contributed by atoms with Gasteiger partial charge < -0.3 is 15.2 Å². The highest BCUT2D eigenvalue weighted by molar-refractivity contribution is 9.10. The molecule has 1 aliphatic carbocycles. The maximum atomic E-state index is 9.30. The number of ether oxygens (including phenoxy) is 1. The highest BCUT2D eigenvalue weighted by Crippen LogP contribution is 2.44. The fraction of sp³-hybridized carbons (Fsp3) is 0.571. The Bertz CT molecular complexity index is 418. The van der Waals surface area contributed by atoms with Crippen LogP contribution < -0.4 is 10.1 Å². The molecule has 1 fully saturated rings. The summed E-state index contributed by atoms with van der Waals surface area (Å²) in [6.07, 6.45) is 2.26. The third kappa shape index (κ3) is 3.05. The summed E-state index contributed by atoms with van der Waals surface area (Å²) in [5, 5.41) is 12.8. The van der Waals surface area contributed by atoms with E-state index in [4.69, 9.17) is 4.74 Å². The molecule has 2 N–H and O–H groups in total. The van der Waals surface area contributed by atoms with Crippen molar-refractivity contribution < 1.29 is 9.84 Å². The Kier molecular flexibility index (Phi) is 4.30. The van der Waals surface area contributed by atoms with Gasteiger partial charge in [-0.3, -0.25) is 0 Å². The Morgan fingerprint density at radius 3 is 2.72 bits per heavy atom. The predicted octanol–water partition coefficient (Wildman–Crippen LogP) is 2.88. The largest absolute Gasteiger partial charge is 0.497 e. The topological polar surface area (TPSA) is 41.5 Å². The normalized spacial score (nSPS) is 18.4. The number of hydrogen-bond acceptors (Lipinski definition) is 3. The number of methoxy groups -OCH3 is 1. The number of halogens is 1. The first-order chi connectivity index (χ1) is 8.60. The molecule has 100 valence electrons. The van der Waals surface area contributed by atoms with Gasteiger partial charge in [0.25, 0.3) is 0 Å². The van der Waals surface area contributed by atoms with Gasteiger partial charge in [-0.25, -0.2) is 0 Å². The summed E-state index contributed by atoms with van der Waals surface area (Å²) in [6.45, 7) is 3.31. The van der Waals surface area contributed by atoms with Crippen molar-refractivity contribution in [2.45, 2.75) is 25.8 Å². The van der Waals surface area contributed by atoms with Gasteiger partial charge in [-0.2, -0.15) is 0 Å². The number of aliphatic hydroxyl groups excluding tert-OH is 1. The quantitative estimate of drug-likeness (QED) is 0.848. The van der Waals surface area contributed by atoms with Crippen LogP contribution in [-0.2, 0) is 0 Å². The molecule has 18 heavy (non-hydrogen) atoms. The van der Waals surface area contributed by atoms with Gasteiger partial charge in [-0.1, -0.05) is 22.0 Å². The van der Waals surface area contributed by atoms with Gasteiger partial charge in [-0.15, -0.1) is 0 Å². The Labute approximate surface area is 117 Å². The second-order valence-electron chi connectivity index (χ2n) is 5.15. The monoisotopic (exact) mass is 313 g/mol. The number of rotatable bonds is 6. The van der Waals surface area contributed by atoms with Gasteiger partial charge in [0, 0.05) is 29.1 Å². The van der Waals surface area contributed by atoms with Crippen molar-refractivity contribution in [2.24, 2.45) is 5.41 Å². The van der Waals surface area contributed by atoms with Crippen LogP contribution in [-0.4, -0.2) is 25.4 Å². The molecule has 1 aliphatic rings. The van der Waals surface area contributed by atoms with E-state index < -0.39 is 0 Å². The predicted molar refractivity (Wildman–Crippen MR) is 75.9 cm³/mol. The summed E-state index contributed by atoms with van der Waals surface area (Å²) in [7, 11) is 1.67. The average Bonchev–Trinajstić information content (AvgIpc) is 3.16. The van der Waals surface area contributed by atoms with E-state index in [9.17, 15) is 5.11 Å². The second kappa shape index (κ2) is 5.59. The Balaban J connectivity index is 1.98. The zero-order valence-electron chi connectivity index (χ0n) is 10.9. The molecule has 3 nitrogen and oxygen atoms in total. The number of aliphatic hydroxyl groups is 1. The van der Waals surface area contributed by atoms with Crippen LogP contribution in [0.1, 0.15) is 31.4 Å². The number of nitrogens with one attached hydrogen (secondary N) is 1. The third-order valence-electron chi connectivity index (χ3n) is 3.75. The molecule has 0 aliphatic heterocycles. The highest BCUT2D eigenvalue weighted by Gasteiger charge is 2.41. The molecule has 2 rings (SSSR count). The zero-order valence-corrected chi connectivity index (χ0v) is 12.5. The summed E-state index contributed by atoms with van der Waals surface area (Å²) in [6, 6.07) is 6.28. The Morgan fingerprint density at radius 1 is 1.50 bits per heavy atom. The fourth-order valence-corrected chi connectivity index (χ4v) is 2.73. The van der Waals surface area contributed by atoms with Crippen molar-refractivity contribution in [2.75, 3.05) is 20.3 Å². The molecule has 1 aromatic rings. The van der Waals surface area contributed by atoms with Crippen LogP contribution in [0.4, 0.5) is 0 Å². The minimum absolute atomic E-state index is 0.146. The van der Waals surface area contributed by atoms with E-state index in [2.05, 4.69) is 34.2 Å². The number of hydrogen-bond donors (Lipinski definition) is 2. The Morgan fingerprint density at radius 2 is 2.22 bits per heavy atom. The molecule has 0 saturated heterocycles. The van der Waals surface area contributed by atoms with Crippen molar-refractivity contribution in [3.8, 4) is 5.75 Å². The van der Waals surface area contributed by atoms with Crippen LogP contribution in [0, 0.1) is 5.41 Å². The molecule has 4 heteroatoms. The number of benzene rings is 1. The van der Waals surface area contributed by atoms with Crippen LogP contribution in [0.25, 0.3) is 0 Å². The van der Waals surface area contributed by atoms with Crippen LogP contribution in [0.15, 0.2) is 22.7 Å². The van der Waals surface area contributed by atoms with Crippen molar-refractivity contribution in [1.82, 2.24) is 5.32 Å². The molecule has 1 atom stereocenters. The molecule has 1 aromatic carbocycles. The van der Waals surface area contributed by atoms with E-state index in [1.165, 1.54) is 5.56 Å². The standard InChI is InChI=1S/C14H20BrNO2/c1-10(16-8-14(9-17)5-6-14)12-4-3-11(18-2)7-13(12)15/h3-4,7,10,16-17H,5-6,8-9H2,1-2H3/t10-/m0/s1. The lowest BCUT2D eigenvalue weighted by atomic mass is 10.1. The molecule has 0 amide bonds. The molecule has 0 heterocycles. The lowest BCUT2D eigenvalue weighted by Crippen LogP contribution is -2.29. The first-order valence-electron chi connectivity index (χ1n) is 6.28. The van der Waals surface area contributed by atoms with Gasteiger partial charge in [0.05, 0.1) is 7.11 Å². The van der Waals surface area contributed by atoms with Gasteiger partial charge in [0.15, 0.2) is 0 Å². The maximum Gasteiger partial charge on any atom is 0.120 e. The first-order valence-corrected chi connectivity index (χ1v) is 7.07. The fourth-order valence-electron chi connectivity index (χ4n) is 2.03. The molecule has 0 spiro atoms. The SMILES string of the molecule is COc1ccc([C@H](C)NCC2(CO)CC2)c(Br)c1. The van der Waals surface area contributed by atoms with E-state index in [1.807, 2.05) is 12.1 Å². The van der Waals surface area contributed by atoms with Crippen molar-refractivity contribution in [1.29, 1.82) is 0 Å².